The predicted molar refractivity (Wildman–Crippen MR) is 120 cm³/mol. The van der Waals surface area contributed by atoms with E-state index in [2.05, 4.69) is 0 Å². The maximum absolute atomic E-state index is 13.0. The fraction of sp³-hybridized carbons (Fsp3) is 0.136. The second-order valence-corrected chi connectivity index (χ2v) is 8.27. The number of aryl methyl sites for hydroxylation is 1. The van der Waals surface area contributed by atoms with Crippen LogP contribution in [0.4, 0.5) is 10.5 Å². The van der Waals surface area contributed by atoms with Gasteiger partial charge in [-0.2, -0.15) is 0 Å². The zero-order valence-corrected chi connectivity index (χ0v) is 17.7. The van der Waals surface area contributed by atoms with Crippen LogP contribution >= 0.6 is 23.4 Å². The zero-order valence-electron chi connectivity index (χ0n) is 16.1. The molecule has 2 N–H and O–H groups in total. The van der Waals surface area contributed by atoms with Crippen LogP contribution in [0, 0.1) is 0 Å². The summed E-state index contributed by atoms with van der Waals surface area (Å²) in [6, 6.07) is 12.5. The van der Waals surface area contributed by atoms with Crippen LogP contribution in [0.25, 0.3) is 17.0 Å². The number of carbonyl (C=O) groups is 3. The van der Waals surface area contributed by atoms with Crippen molar-refractivity contribution in [2.75, 3.05) is 4.90 Å². The molecule has 3 amide bonds. The molecule has 2 aromatic carbocycles. The Morgan fingerprint density at radius 2 is 1.97 bits per heavy atom. The first-order valence-corrected chi connectivity index (χ1v) is 10.5. The normalized spacial score (nSPS) is 15.5. The minimum Gasteiger partial charge on any atom is -0.368 e. The number of hydrogen-bond donors (Lipinski definition) is 1. The van der Waals surface area contributed by atoms with Gasteiger partial charge in [0, 0.05) is 22.2 Å². The number of aromatic nitrogens is 1. The first-order chi connectivity index (χ1) is 14.4. The van der Waals surface area contributed by atoms with E-state index in [4.69, 9.17) is 17.3 Å². The molecule has 1 aromatic heterocycles. The standard InChI is InChI=1S/C22H18ClN3O3S/c1-2-13-5-3-8-17-14(11-25(20(13)17)12-19(24)27)9-18-21(28)26(22(29)30-18)16-7-4-6-15(23)10-16/h3-11H,2,12H2,1H3,(H2,24,27)/b18-9-. The molecule has 30 heavy (non-hydrogen) atoms. The number of nitrogens with two attached hydrogens (primary N) is 1. The van der Waals surface area contributed by atoms with Crippen molar-refractivity contribution in [3.8, 4) is 0 Å². The number of rotatable bonds is 5. The fourth-order valence-electron chi connectivity index (χ4n) is 3.61. The minimum atomic E-state index is -0.453. The Kier molecular flexibility index (Phi) is 5.40. The van der Waals surface area contributed by atoms with Crippen molar-refractivity contribution in [1.29, 1.82) is 0 Å². The van der Waals surface area contributed by atoms with Gasteiger partial charge in [0.25, 0.3) is 11.1 Å². The maximum atomic E-state index is 13.0. The van der Waals surface area contributed by atoms with E-state index in [-0.39, 0.29) is 11.8 Å². The summed E-state index contributed by atoms with van der Waals surface area (Å²) in [5.41, 5.74) is 8.57. The molecule has 8 heteroatoms. The Labute approximate surface area is 182 Å². The van der Waals surface area contributed by atoms with Crippen molar-refractivity contribution >= 4 is 63.1 Å². The van der Waals surface area contributed by atoms with Crippen LogP contribution in [0.2, 0.25) is 5.02 Å². The molecule has 0 spiro atoms. The summed E-state index contributed by atoms with van der Waals surface area (Å²) in [5.74, 6) is -0.861. The molecule has 4 rings (SSSR count). The Morgan fingerprint density at radius 1 is 1.20 bits per heavy atom. The molecule has 1 aliphatic heterocycles. The van der Waals surface area contributed by atoms with Gasteiger partial charge in [0.05, 0.1) is 16.1 Å². The number of anilines is 1. The molecule has 6 nitrogen and oxygen atoms in total. The molecule has 0 unspecified atom stereocenters. The van der Waals surface area contributed by atoms with Crippen molar-refractivity contribution < 1.29 is 14.4 Å². The lowest BCUT2D eigenvalue weighted by atomic mass is 10.1. The van der Waals surface area contributed by atoms with Gasteiger partial charge >= 0.3 is 0 Å². The van der Waals surface area contributed by atoms with Gasteiger partial charge in [-0.15, -0.1) is 0 Å². The second-order valence-electron chi connectivity index (χ2n) is 6.84. The number of thioether (sulfide) groups is 1. The molecular weight excluding hydrogens is 422 g/mol. The van der Waals surface area contributed by atoms with Crippen LogP contribution in [0.1, 0.15) is 18.1 Å². The third kappa shape index (κ3) is 3.62. The minimum absolute atomic E-state index is 0.0331. The van der Waals surface area contributed by atoms with Crippen LogP contribution in [0.3, 0.4) is 0 Å². The lowest BCUT2D eigenvalue weighted by Crippen LogP contribution is -2.27. The quantitative estimate of drug-likeness (QED) is 0.589. The SMILES string of the molecule is CCc1cccc2c(/C=C3\SC(=O)N(c4cccc(Cl)c4)C3=O)cn(CC(N)=O)c12. The van der Waals surface area contributed by atoms with Gasteiger partial charge in [-0.1, -0.05) is 42.8 Å². The number of imide groups is 1. The Balaban J connectivity index is 1.79. The highest BCUT2D eigenvalue weighted by atomic mass is 35.5. The average Bonchev–Trinajstić information content (AvgIpc) is 3.18. The molecule has 0 atom stereocenters. The van der Waals surface area contributed by atoms with Crippen LogP contribution in [-0.2, 0) is 22.6 Å². The third-order valence-electron chi connectivity index (χ3n) is 4.87. The number of primary amides is 1. The van der Waals surface area contributed by atoms with Crippen LogP contribution in [0.15, 0.2) is 53.6 Å². The average molecular weight is 440 g/mol. The number of halogens is 1. The second kappa shape index (κ2) is 8.01. The largest absolute Gasteiger partial charge is 0.368 e. The molecule has 0 saturated carbocycles. The first-order valence-electron chi connectivity index (χ1n) is 9.31. The number of carbonyl (C=O) groups excluding carboxylic acids is 3. The number of benzene rings is 2. The summed E-state index contributed by atoms with van der Waals surface area (Å²) < 4.78 is 1.80. The topological polar surface area (TPSA) is 85.4 Å². The van der Waals surface area contributed by atoms with Gasteiger partial charge in [0.1, 0.15) is 6.54 Å². The molecule has 152 valence electrons. The van der Waals surface area contributed by atoms with E-state index in [9.17, 15) is 14.4 Å². The van der Waals surface area contributed by atoms with Gasteiger partial charge in [0.15, 0.2) is 0 Å². The van der Waals surface area contributed by atoms with Crippen LogP contribution < -0.4 is 10.6 Å². The van der Waals surface area contributed by atoms with E-state index >= 15 is 0 Å². The van der Waals surface area contributed by atoms with E-state index in [1.165, 1.54) is 0 Å². The summed E-state index contributed by atoms with van der Waals surface area (Å²) in [4.78, 5) is 38.5. The molecule has 1 aliphatic rings. The smallest absolute Gasteiger partial charge is 0.298 e. The van der Waals surface area contributed by atoms with E-state index in [0.717, 1.165) is 45.1 Å². The van der Waals surface area contributed by atoms with Crippen molar-refractivity contribution in [3.63, 3.8) is 0 Å². The Morgan fingerprint density at radius 3 is 2.67 bits per heavy atom. The van der Waals surface area contributed by atoms with Gasteiger partial charge in [-0.3, -0.25) is 14.4 Å². The molecular formula is C22H18ClN3O3S. The van der Waals surface area contributed by atoms with Crippen molar-refractivity contribution in [2.45, 2.75) is 19.9 Å². The Hall–Kier alpha value is -3.03. The number of fused-ring (bicyclic) bond motifs is 1. The predicted octanol–water partition coefficient (Wildman–Crippen LogP) is 4.58. The highest BCUT2D eigenvalue weighted by Gasteiger charge is 2.36. The number of hydrogen-bond acceptors (Lipinski definition) is 4. The number of amides is 3. The summed E-state index contributed by atoms with van der Waals surface area (Å²) >= 11 is 6.89. The summed E-state index contributed by atoms with van der Waals surface area (Å²) in [6.45, 7) is 2.07. The molecule has 1 saturated heterocycles. The summed E-state index contributed by atoms with van der Waals surface area (Å²) in [5, 5.41) is 0.950. The third-order valence-corrected chi connectivity index (χ3v) is 5.97. The van der Waals surface area contributed by atoms with Crippen molar-refractivity contribution in [2.24, 2.45) is 5.73 Å². The molecule has 3 aromatic rings. The van der Waals surface area contributed by atoms with Crippen molar-refractivity contribution in [1.82, 2.24) is 4.57 Å². The van der Waals surface area contributed by atoms with Gasteiger partial charge in [-0.25, -0.2) is 4.90 Å². The molecule has 0 aliphatic carbocycles. The monoisotopic (exact) mass is 439 g/mol. The highest BCUT2D eigenvalue weighted by molar-refractivity contribution is 8.19. The number of para-hydroxylation sites is 1. The van der Waals surface area contributed by atoms with E-state index in [1.54, 1.807) is 41.1 Å². The zero-order chi connectivity index (χ0) is 21.4. The summed E-state index contributed by atoms with van der Waals surface area (Å²) in [7, 11) is 0. The van der Waals surface area contributed by atoms with E-state index < -0.39 is 11.8 Å². The molecule has 1 fully saturated rings. The lowest BCUT2D eigenvalue weighted by Gasteiger charge is -2.12. The lowest BCUT2D eigenvalue weighted by molar-refractivity contribution is -0.118. The summed E-state index contributed by atoms with van der Waals surface area (Å²) in [6.07, 6.45) is 4.27. The van der Waals surface area contributed by atoms with Crippen LogP contribution in [-0.4, -0.2) is 21.6 Å². The maximum Gasteiger partial charge on any atom is 0.298 e. The molecule has 0 radical (unpaired) electrons. The highest BCUT2D eigenvalue weighted by Crippen LogP contribution is 2.37. The first kappa shape index (κ1) is 20.3. The fourth-order valence-corrected chi connectivity index (χ4v) is 4.62. The number of nitrogens with zero attached hydrogens (tertiary/aromatic N) is 2. The molecule has 2 heterocycles. The van der Waals surface area contributed by atoms with Gasteiger partial charge < -0.3 is 10.3 Å². The van der Waals surface area contributed by atoms with Crippen molar-refractivity contribution in [3.05, 3.63) is 69.7 Å². The van der Waals surface area contributed by atoms with Crippen LogP contribution in [0.5, 0.6) is 0 Å². The Bertz CT molecular complexity index is 1230. The van der Waals surface area contributed by atoms with Gasteiger partial charge in [0.2, 0.25) is 5.91 Å². The van der Waals surface area contributed by atoms with E-state index in [0.29, 0.717) is 15.6 Å². The molecule has 0 bridgehead atoms. The van der Waals surface area contributed by atoms with E-state index in [1.807, 2.05) is 25.1 Å². The van der Waals surface area contributed by atoms with Gasteiger partial charge in [-0.05, 0) is 48.0 Å².